The fourth-order valence-electron chi connectivity index (χ4n) is 9.45. The third kappa shape index (κ3) is 39.6. The number of likely N-dealkylation sites (tertiary alicyclic amines) is 1. The van der Waals surface area contributed by atoms with Gasteiger partial charge in [0.2, 0.25) is 0 Å². The van der Waals surface area contributed by atoms with E-state index in [0.717, 1.165) is 128 Å². The number of aliphatic hydroxyl groups excluding tert-OH is 1. The number of unbranched alkanes of at least 4 members (excludes halogenated alkanes) is 20. The van der Waals surface area contributed by atoms with Crippen molar-refractivity contribution in [1.29, 1.82) is 0 Å². The van der Waals surface area contributed by atoms with E-state index in [2.05, 4.69) is 27.7 Å². The highest BCUT2D eigenvalue weighted by molar-refractivity contribution is 5.79. The summed E-state index contributed by atoms with van der Waals surface area (Å²) < 4.78 is 34.0. The summed E-state index contributed by atoms with van der Waals surface area (Å²) >= 11 is 0. The first-order valence-corrected chi connectivity index (χ1v) is 30.4. The maximum absolute atomic E-state index is 13.9. The topological polar surface area (TPSA) is 202 Å². The van der Waals surface area contributed by atoms with Crippen molar-refractivity contribution in [2.24, 2.45) is 17.8 Å². The molecule has 0 radical (unpaired) electrons. The maximum atomic E-state index is 13.9. The molecule has 0 saturated carbocycles. The number of carbonyl (C=O) groups excluding carboxylic acids is 7. The van der Waals surface area contributed by atoms with Gasteiger partial charge in [-0.2, -0.15) is 0 Å². The van der Waals surface area contributed by atoms with Crippen molar-refractivity contribution in [1.82, 2.24) is 9.80 Å². The number of amides is 1. The van der Waals surface area contributed by atoms with E-state index in [9.17, 15) is 38.7 Å². The molecule has 2 atom stereocenters. The maximum Gasteiger partial charge on any atom is 0.410 e. The van der Waals surface area contributed by atoms with Crippen molar-refractivity contribution < 1.29 is 67.1 Å². The first-order chi connectivity index (χ1) is 36.8. The largest absolute Gasteiger partial charge is 0.465 e. The van der Waals surface area contributed by atoms with Gasteiger partial charge in [-0.05, 0) is 57.9 Å². The fraction of sp³-hybridized carbons (Fsp3) is 0.883. The first kappa shape index (κ1) is 70.2. The summed E-state index contributed by atoms with van der Waals surface area (Å²) in [6.45, 7) is 9.87. The summed E-state index contributed by atoms with van der Waals surface area (Å²) in [7, 11) is 1.93. The Morgan fingerprint density at radius 2 is 0.855 bits per heavy atom. The molecule has 16 heteroatoms. The quantitative estimate of drug-likeness (QED) is 0.0342. The predicted octanol–water partition coefficient (Wildman–Crippen LogP) is 12.2. The number of aliphatic hydroxyl groups is 1. The van der Waals surface area contributed by atoms with Gasteiger partial charge in [0.25, 0.3) is 0 Å². The van der Waals surface area contributed by atoms with Gasteiger partial charge in [-0.1, -0.05) is 156 Å². The third-order valence-electron chi connectivity index (χ3n) is 14.1. The number of ether oxygens (including phenoxy) is 6. The Morgan fingerprint density at radius 1 is 0.474 bits per heavy atom. The number of Topliss-reactive ketones (excluding diaryl/α,β-unsaturated/α-hetero) is 1. The van der Waals surface area contributed by atoms with Crippen molar-refractivity contribution in [2.45, 2.75) is 252 Å². The average molecular weight is 1080 g/mol. The standard InChI is InChI=1S/C60H108N2O14/c1-6-10-14-18-22-26-32-55(65)72-45-51(46-73-56(66)33-27-23-19-15-11-7-2)42-54(64)41-50-40-53(62(44-50)60(70)71-39-31-37-61(5)36-30-38-63)49-76-59(69)43-52(47-74-57(67)34-28-24-20-16-12-8-3)48-75-58(68)35-29-25-21-17-13-9-4/h50-53,63H,6-49H2,1-5H3/t50-,53+/m1/s1. The first-order valence-electron chi connectivity index (χ1n) is 30.4. The fourth-order valence-corrected chi connectivity index (χ4v) is 9.45. The van der Waals surface area contributed by atoms with Gasteiger partial charge in [0, 0.05) is 76.6 Å². The summed E-state index contributed by atoms with van der Waals surface area (Å²) in [6, 6.07) is -0.605. The van der Waals surface area contributed by atoms with E-state index >= 15 is 0 Å². The van der Waals surface area contributed by atoms with Crippen LogP contribution in [0.4, 0.5) is 4.79 Å². The number of hydrogen-bond donors (Lipinski definition) is 1. The van der Waals surface area contributed by atoms with Crippen LogP contribution in [0.1, 0.15) is 246 Å². The Hall–Kier alpha value is -3.79. The van der Waals surface area contributed by atoms with E-state index in [1.165, 1.54) is 17.7 Å². The minimum atomic E-state index is -0.641. The van der Waals surface area contributed by atoms with E-state index in [1.807, 2.05) is 11.9 Å². The molecule has 0 unspecified atom stereocenters. The van der Waals surface area contributed by atoms with Crippen LogP contribution in [0.2, 0.25) is 0 Å². The normalized spacial score (nSPS) is 14.4. The summed E-state index contributed by atoms with van der Waals surface area (Å²) in [6.07, 6.45) is 26.5. The average Bonchev–Trinajstić information content (AvgIpc) is 3.81. The van der Waals surface area contributed by atoms with Crippen molar-refractivity contribution in [3.63, 3.8) is 0 Å². The Kier molecular flexibility index (Phi) is 44.7. The molecule has 0 spiro atoms. The second kappa shape index (κ2) is 48.3. The monoisotopic (exact) mass is 1080 g/mol. The van der Waals surface area contributed by atoms with Gasteiger partial charge in [0.05, 0.1) is 45.5 Å². The van der Waals surface area contributed by atoms with Gasteiger partial charge in [0.1, 0.15) is 12.4 Å². The van der Waals surface area contributed by atoms with Crippen LogP contribution in [0.25, 0.3) is 0 Å². The lowest BCUT2D eigenvalue weighted by molar-refractivity contribution is -0.155. The number of esters is 5. The third-order valence-corrected chi connectivity index (χ3v) is 14.1. The predicted molar refractivity (Wildman–Crippen MR) is 296 cm³/mol. The molecule has 0 bridgehead atoms. The summed E-state index contributed by atoms with van der Waals surface area (Å²) in [5, 5.41) is 9.20. The highest BCUT2D eigenvalue weighted by Gasteiger charge is 2.38. The Balaban J connectivity index is 3.09. The molecule has 1 aliphatic rings. The number of nitrogens with zero attached hydrogens (tertiary/aromatic N) is 2. The highest BCUT2D eigenvalue weighted by atomic mass is 16.6. The van der Waals surface area contributed by atoms with Gasteiger partial charge in [-0.3, -0.25) is 28.8 Å². The van der Waals surface area contributed by atoms with Crippen LogP contribution in [-0.2, 0) is 57.2 Å². The second-order valence-electron chi connectivity index (χ2n) is 21.6. The number of hydrogen-bond acceptors (Lipinski definition) is 15. The Morgan fingerprint density at radius 3 is 1.26 bits per heavy atom. The van der Waals surface area contributed by atoms with E-state index in [-0.39, 0.29) is 133 Å². The van der Waals surface area contributed by atoms with Crippen molar-refractivity contribution >= 4 is 41.7 Å². The van der Waals surface area contributed by atoms with Gasteiger partial charge < -0.3 is 43.3 Å². The van der Waals surface area contributed by atoms with E-state index in [0.29, 0.717) is 45.2 Å². The molecule has 1 amide bonds. The zero-order valence-corrected chi connectivity index (χ0v) is 48.6. The van der Waals surface area contributed by atoms with Crippen LogP contribution >= 0.6 is 0 Å². The van der Waals surface area contributed by atoms with E-state index < -0.39 is 29.9 Å². The lowest BCUT2D eigenvalue weighted by Crippen LogP contribution is -2.39. The molecule has 0 aliphatic carbocycles. The van der Waals surface area contributed by atoms with Crippen LogP contribution in [0.5, 0.6) is 0 Å². The zero-order valence-electron chi connectivity index (χ0n) is 48.6. The summed E-state index contributed by atoms with van der Waals surface area (Å²) in [4.78, 5) is 95.7. The lowest BCUT2D eigenvalue weighted by Gasteiger charge is -2.24. The highest BCUT2D eigenvalue weighted by Crippen LogP contribution is 2.29. The van der Waals surface area contributed by atoms with Gasteiger partial charge in [0.15, 0.2) is 0 Å². The molecule has 0 aromatic heterocycles. The van der Waals surface area contributed by atoms with Crippen LogP contribution in [0.3, 0.4) is 0 Å². The van der Waals surface area contributed by atoms with Gasteiger partial charge >= 0.3 is 35.9 Å². The molecule has 1 N–H and O–H groups in total. The lowest BCUT2D eigenvalue weighted by atomic mass is 9.94. The van der Waals surface area contributed by atoms with Crippen LogP contribution < -0.4 is 0 Å². The molecule has 1 heterocycles. The van der Waals surface area contributed by atoms with Gasteiger partial charge in [-0.15, -0.1) is 0 Å². The molecule has 16 nitrogen and oxygen atoms in total. The molecule has 76 heavy (non-hydrogen) atoms. The molecule has 1 fully saturated rings. The number of ketones is 1. The molecular weight excluding hydrogens is 973 g/mol. The molecule has 1 aliphatic heterocycles. The molecule has 1 rings (SSSR count). The molecule has 1 saturated heterocycles. The minimum absolute atomic E-state index is 0.00739. The van der Waals surface area contributed by atoms with Crippen molar-refractivity contribution in [3.05, 3.63) is 0 Å². The van der Waals surface area contributed by atoms with Crippen LogP contribution in [0, 0.1) is 17.8 Å². The SMILES string of the molecule is CCCCCCCCC(=O)OCC(COC(=O)CCCCCCCC)CC(=O)C[C@H]1C[C@@H](COC(=O)CC(COC(=O)CCCCCCCC)COC(=O)CCCCCCCC)N(C(=O)OCCCN(C)CCCO)C1. The van der Waals surface area contributed by atoms with Gasteiger partial charge in [-0.25, -0.2) is 4.79 Å². The Bertz CT molecular complexity index is 1470. The molecule has 442 valence electrons. The van der Waals surface area contributed by atoms with E-state index in [4.69, 9.17) is 28.4 Å². The number of carbonyl (C=O) groups is 7. The van der Waals surface area contributed by atoms with Crippen LogP contribution in [-0.4, -0.2) is 136 Å². The minimum Gasteiger partial charge on any atom is -0.465 e. The van der Waals surface area contributed by atoms with Crippen molar-refractivity contribution in [2.75, 3.05) is 72.9 Å². The smallest absolute Gasteiger partial charge is 0.410 e. The second-order valence-corrected chi connectivity index (χ2v) is 21.6. The summed E-state index contributed by atoms with van der Waals surface area (Å²) in [5.41, 5.74) is 0. The number of rotatable bonds is 51. The van der Waals surface area contributed by atoms with Crippen LogP contribution in [0.15, 0.2) is 0 Å². The Labute approximate surface area is 459 Å². The van der Waals surface area contributed by atoms with Crippen molar-refractivity contribution in [3.8, 4) is 0 Å². The summed E-state index contributed by atoms with van der Waals surface area (Å²) in [5.74, 6) is -3.65. The zero-order chi connectivity index (χ0) is 55.9. The molecular formula is C60H108N2O14. The van der Waals surface area contributed by atoms with E-state index in [1.54, 1.807) is 0 Å². The molecule has 0 aromatic rings. The molecule has 0 aromatic carbocycles.